The number of aryl methyl sites for hydroxylation is 1. The van der Waals surface area contributed by atoms with Crippen molar-refractivity contribution in [2.24, 2.45) is 0 Å². The molecule has 1 aromatic heterocycles. The Morgan fingerprint density at radius 3 is 2.69 bits per heavy atom. The van der Waals surface area contributed by atoms with Gasteiger partial charge in [-0.3, -0.25) is 9.59 Å². The van der Waals surface area contributed by atoms with Crippen LogP contribution in [0.5, 0.6) is 0 Å². The van der Waals surface area contributed by atoms with Crippen LogP contribution in [0, 0.1) is 18.3 Å². The number of hydrogen-bond donors (Lipinski definition) is 1. The lowest BCUT2D eigenvalue weighted by atomic mass is 10.2. The van der Waals surface area contributed by atoms with E-state index >= 15 is 0 Å². The molecule has 1 N–H and O–H groups in total. The molecule has 1 aliphatic heterocycles. The third kappa shape index (κ3) is 3.95. The second-order valence-corrected chi connectivity index (χ2v) is 5.93. The van der Waals surface area contributed by atoms with Crippen LogP contribution in [-0.2, 0) is 4.79 Å². The number of aromatic nitrogens is 2. The number of nitriles is 1. The molecule has 1 aliphatic rings. The smallest absolute Gasteiger partial charge is 0.274 e. The van der Waals surface area contributed by atoms with Gasteiger partial charge in [0.1, 0.15) is 17.3 Å². The van der Waals surface area contributed by atoms with Crippen molar-refractivity contribution in [2.45, 2.75) is 6.92 Å². The fraction of sp³-hybridized carbons (Fsp3) is 0.278. The summed E-state index contributed by atoms with van der Waals surface area (Å²) >= 11 is 0. The summed E-state index contributed by atoms with van der Waals surface area (Å²) in [5.74, 6) is 0.800. The SMILES string of the molecule is Cc1nc(C(=O)Nc2cccc(C#N)c2)cc(N2CCN(C=O)CC2)n1. The molecule has 26 heavy (non-hydrogen) atoms. The van der Waals surface area contributed by atoms with Gasteiger partial charge in [0.2, 0.25) is 6.41 Å². The molecule has 1 aromatic carbocycles. The zero-order valence-electron chi connectivity index (χ0n) is 14.3. The molecular weight excluding hydrogens is 332 g/mol. The Bertz CT molecular complexity index is 868. The minimum Gasteiger partial charge on any atom is -0.353 e. The number of piperazine rings is 1. The first-order valence-electron chi connectivity index (χ1n) is 8.20. The zero-order chi connectivity index (χ0) is 18.5. The fourth-order valence-electron chi connectivity index (χ4n) is 2.75. The maximum absolute atomic E-state index is 12.5. The van der Waals surface area contributed by atoms with Crippen LogP contribution in [0.3, 0.4) is 0 Å². The minimum absolute atomic E-state index is 0.257. The van der Waals surface area contributed by atoms with Crippen LogP contribution in [0.4, 0.5) is 11.5 Å². The van der Waals surface area contributed by atoms with Crippen molar-refractivity contribution >= 4 is 23.8 Å². The topological polar surface area (TPSA) is 102 Å². The number of rotatable bonds is 4. The number of anilines is 2. The van der Waals surface area contributed by atoms with E-state index in [-0.39, 0.29) is 11.6 Å². The van der Waals surface area contributed by atoms with Crippen LogP contribution >= 0.6 is 0 Å². The molecule has 0 spiro atoms. The average molecular weight is 350 g/mol. The zero-order valence-corrected chi connectivity index (χ0v) is 14.3. The summed E-state index contributed by atoms with van der Waals surface area (Å²) in [5, 5.41) is 11.7. The van der Waals surface area contributed by atoms with Crippen LogP contribution in [0.1, 0.15) is 21.9 Å². The highest BCUT2D eigenvalue weighted by molar-refractivity contribution is 6.03. The monoisotopic (exact) mass is 350 g/mol. The number of carbonyl (C=O) groups is 2. The van der Waals surface area contributed by atoms with Gasteiger partial charge in [-0.2, -0.15) is 5.26 Å². The summed E-state index contributed by atoms with van der Waals surface area (Å²) < 4.78 is 0. The largest absolute Gasteiger partial charge is 0.353 e. The van der Waals surface area contributed by atoms with E-state index in [9.17, 15) is 9.59 Å². The molecule has 0 bridgehead atoms. The standard InChI is InChI=1S/C18H18N6O2/c1-13-20-16(18(26)22-15-4-2-3-14(9-15)11-19)10-17(21-13)24-7-5-23(12-25)6-8-24/h2-4,9-10,12H,5-8H2,1H3,(H,22,26). The highest BCUT2D eigenvalue weighted by atomic mass is 16.2. The Hall–Kier alpha value is -3.47. The summed E-state index contributed by atoms with van der Waals surface area (Å²) in [7, 11) is 0. The molecule has 0 unspecified atom stereocenters. The molecule has 0 atom stereocenters. The Kier molecular flexibility index (Phi) is 5.08. The van der Waals surface area contributed by atoms with E-state index in [1.807, 2.05) is 11.0 Å². The van der Waals surface area contributed by atoms with Crippen molar-refractivity contribution in [3.8, 4) is 6.07 Å². The third-order valence-electron chi connectivity index (χ3n) is 4.09. The fourth-order valence-corrected chi connectivity index (χ4v) is 2.75. The Morgan fingerprint density at radius 1 is 1.23 bits per heavy atom. The molecular formula is C18H18N6O2. The second-order valence-electron chi connectivity index (χ2n) is 5.93. The van der Waals surface area contributed by atoms with Gasteiger partial charge in [0, 0.05) is 37.9 Å². The molecule has 8 heteroatoms. The molecule has 2 aromatic rings. The van der Waals surface area contributed by atoms with Crippen molar-refractivity contribution < 1.29 is 9.59 Å². The number of benzene rings is 1. The van der Waals surface area contributed by atoms with Gasteiger partial charge in [-0.1, -0.05) is 6.07 Å². The quantitative estimate of drug-likeness (QED) is 0.831. The van der Waals surface area contributed by atoms with E-state index in [0.717, 1.165) is 6.41 Å². The van der Waals surface area contributed by atoms with Crippen LogP contribution in [0.25, 0.3) is 0 Å². The van der Waals surface area contributed by atoms with Crippen molar-refractivity contribution in [1.82, 2.24) is 14.9 Å². The van der Waals surface area contributed by atoms with Crippen molar-refractivity contribution in [3.05, 3.63) is 47.4 Å². The third-order valence-corrected chi connectivity index (χ3v) is 4.09. The lowest BCUT2D eigenvalue weighted by molar-refractivity contribution is -0.118. The molecule has 0 aliphatic carbocycles. The Labute approximate surface area is 151 Å². The van der Waals surface area contributed by atoms with Gasteiger partial charge in [-0.05, 0) is 25.1 Å². The predicted molar refractivity (Wildman–Crippen MR) is 95.7 cm³/mol. The first kappa shape index (κ1) is 17.4. The Morgan fingerprint density at radius 2 is 2.00 bits per heavy atom. The highest BCUT2D eigenvalue weighted by Crippen LogP contribution is 2.17. The van der Waals surface area contributed by atoms with Gasteiger partial charge in [0.25, 0.3) is 5.91 Å². The van der Waals surface area contributed by atoms with Gasteiger partial charge >= 0.3 is 0 Å². The van der Waals surface area contributed by atoms with Crippen LogP contribution in [-0.4, -0.2) is 53.4 Å². The van der Waals surface area contributed by atoms with Gasteiger partial charge in [-0.15, -0.1) is 0 Å². The maximum atomic E-state index is 12.5. The van der Waals surface area contributed by atoms with Gasteiger partial charge in [0.05, 0.1) is 11.6 Å². The number of carbonyl (C=O) groups excluding carboxylic acids is 2. The molecule has 0 saturated carbocycles. The first-order chi connectivity index (χ1) is 12.6. The van der Waals surface area contributed by atoms with Gasteiger partial charge < -0.3 is 15.1 Å². The van der Waals surface area contributed by atoms with E-state index in [4.69, 9.17) is 5.26 Å². The molecule has 0 radical (unpaired) electrons. The van der Waals surface area contributed by atoms with Crippen LogP contribution in [0.15, 0.2) is 30.3 Å². The molecule has 1 fully saturated rings. The van der Waals surface area contributed by atoms with Gasteiger partial charge in [-0.25, -0.2) is 9.97 Å². The highest BCUT2D eigenvalue weighted by Gasteiger charge is 2.19. The lowest BCUT2D eigenvalue weighted by Crippen LogP contribution is -2.46. The lowest BCUT2D eigenvalue weighted by Gasteiger charge is -2.33. The van der Waals surface area contributed by atoms with E-state index in [1.54, 1.807) is 42.2 Å². The van der Waals surface area contributed by atoms with E-state index in [2.05, 4.69) is 15.3 Å². The van der Waals surface area contributed by atoms with E-state index in [1.165, 1.54) is 0 Å². The molecule has 2 heterocycles. The van der Waals surface area contributed by atoms with Crippen molar-refractivity contribution in [3.63, 3.8) is 0 Å². The number of nitrogens with one attached hydrogen (secondary N) is 1. The Balaban J connectivity index is 1.77. The van der Waals surface area contributed by atoms with Crippen LogP contribution in [0.2, 0.25) is 0 Å². The minimum atomic E-state index is -0.363. The van der Waals surface area contributed by atoms with Crippen molar-refractivity contribution in [1.29, 1.82) is 5.26 Å². The first-order valence-corrected chi connectivity index (χ1v) is 8.20. The summed E-state index contributed by atoms with van der Waals surface area (Å²) in [5.41, 5.74) is 1.26. The van der Waals surface area contributed by atoms with E-state index in [0.29, 0.717) is 49.1 Å². The van der Waals surface area contributed by atoms with Gasteiger partial charge in [0.15, 0.2) is 0 Å². The molecule has 132 valence electrons. The number of nitrogens with zero attached hydrogens (tertiary/aromatic N) is 5. The number of amides is 2. The molecule has 8 nitrogen and oxygen atoms in total. The number of hydrogen-bond acceptors (Lipinski definition) is 6. The summed E-state index contributed by atoms with van der Waals surface area (Å²) in [6.07, 6.45) is 0.844. The molecule has 2 amide bonds. The van der Waals surface area contributed by atoms with E-state index < -0.39 is 0 Å². The average Bonchev–Trinajstić information content (AvgIpc) is 2.67. The molecule has 3 rings (SSSR count). The molecule has 1 saturated heterocycles. The summed E-state index contributed by atoms with van der Waals surface area (Å²) in [4.78, 5) is 35.7. The second kappa shape index (κ2) is 7.61. The summed E-state index contributed by atoms with van der Waals surface area (Å²) in [6.45, 7) is 4.28. The maximum Gasteiger partial charge on any atom is 0.274 e. The van der Waals surface area contributed by atoms with Crippen LogP contribution < -0.4 is 10.2 Å². The van der Waals surface area contributed by atoms with Crippen molar-refractivity contribution in [2.75, 3.05) is 36.4 Å². The summed E-state index contributed by atoms with van der Waals surface area (Å²) in [6, 6.07) is 10.4. The predicted octanol–water partition coefficient (Wildman–Crippen LogP) is 1.19. The normalized spacial score (nSPS) is 13.8.